The van der Waals surface area contributed by atoms with E-state index in [9.17, 15) is 4.79 Å². The van der Waals surface area contributed by atoms with Gasteiger partial charge < -0.3 is 0 Å². The number of hydrogen-bond acceptors (Lipinski definition) is 5. The van der Waals surface area contributed by atoms with Crippen LogP contribution in [0.4, 0.5) is 0 Å². The summed E-state index contributed by atoms with van der Waals surface area (Å²) in [5.74, 6) is 0.486. The number of nitrogens with zero attached hydrogens (tertiary/aromatic N) is 7. The highest BCUT2D eigenvalue weighted by atomic mass is 16.1. The van der Waals surface area contributed by atoms with Gasteiger partial charge in [0.15, 0.2) is 0 Å². The van der Waals surface area contributed by atoms with Crippen molar-refractivity contribution in [2.75, 3.05) is 0 Å². The minimum Gasteiger partial charge on any atom is -0.293 e. The molecular weight excluding hydrogens is 450 g/mol. The van der Waals surface area contributed by atoms with Gasteiger partial charge in [0.1, 0.15) is 6.33 Å². The number of imidazole rings is 1. The molecule has 5 rings (SSSR count). The van der Waals surface area contributed by atoms with Crippen LogP contribution in [0.15, 0.2) is 59.9 Å². The smallest absolute Gasteiger partial charge is 0.293 e. The van der Waals surface area contributed by atoms with Crippen molar-refractivity contribution < 1.29 is 0 Å². The Morgan fingerprint density at radius 3 is 2.72 bits per heavy atom. The largest absolute Gasteiger partial charge is 0.329 e. The van der Waals surface area contributed by atoms with Crippen LogP contribution in [0.3, 0.4) is 0 Å². The van der Waals surface area contributed by atoms with E-state index in [0.29, 0.717) is 12.5 Å². The van der Waals surface area contributed by atoms with Gasteiger partial charge in [-0.2, -0.15) is 4.68 Å². The first-order valence-electron chi connectivity index (χ1n) is 13.1. The van der Waals surface area contributed by atoms with Gasteiger partial charge in [-0.15, -0.1) is 5.10 Å². The number of pyridine rings is 1. The maximum absolute atomic E-state index is 13.8. The second-order valence-electron chi connectivity index (χ2n) is 10.3. The number of para-hydroxylation sites is 1. The van der Waals surface area contributed by atoms with Crippen molar-refractivity contribution in [2.45, 2.75) is 77.8 Å². The van der Waals surface area contributed by atoms with E-state index in [4.69, 9.17) is 4.98 Å². The van der Waals surface area contributed by atoms with E-state index in [0.717, 1.165) is 53.9 Å². The summed E-state index contributed by atoms with van der Waals surface area (Å²) in [6.45, 7) is 7.28. The standard InChI is InChI=1S/C28H35N7O/c1-4-5-11-23-19-34(28(3)16-9-8-10-21(28)2)27(36)33(23)18-22-14-15-25(29-17-22)24-12-6-7-13-26(24)35-20-30-31-32-35/h6-7,12-15,17,19-21H,4-5,8-11,16,18H2,1-3H3/t21-,28+/m1/s1. The zero-order valence-electron chi connectivity index (χ0n) is 21.5. The molecule has 3 aromatic heterocycles. The first kappa shape index (κ1) is 24.2. The minimum atomic E-state index is -0.121. The molecule has 8 nitrogen and oxygen atoms in total. The lowest BCUT2D eigenvalue weighted by Crippen LogP contribution is -2.45. The van der Waals surface area contributed by atoms with Gasteiger partial charge in [-0.05, 0) is 66.6 Å². The lowest BCUT2D eigenvalue weighted by molar-refractivity contribution is 0.133. The van der Waals surface area contributed by atoms with E-state index >= 15 is 0 Å². The van der Waals surface area contributed by atoms with Crippen LogP contribution in [0.1, 0.15) is 70.6 Å². The number of unbranched alkanes of at least 4 members (excludes halogenated alkanes) is 1. The first-order valence-corrected chi connectivity index (χ1v) is 13.1. The Bertz CT molecular complexity index is 1350. The summed E-state index contributed by atoms with van der Waals surface area (Å²) < 4.78 is 5.65. The Morgan fingerprint density at radius 1 is 1.14 bits per heavy atom. The molecule has 1 fully saturated rings. The molecule has 3 heterocycles. The van der Waals surface area contributed by atoms with Gasteiger partial charge in [0.25, 0.3) is 0 Å². The molecule has 0 aliphatic heterocycles. The van der Waals surface area contributed by atoms with Crippen molar-refractivity contribution in [3.05, 3.63) is 76.9 Å². The van der Waals surface area contributed by atoms with E-state index in [1.54, 1.807) is 11.0 Å². The predicted octanol–water partition coefficient (Wildman–Crippen LogP) is 5.00. The summed E-state index contributed by atoms with van der Waals surface area (Å²) in [6.07, 6.45) is 13.4. The van der Waals surface area contributed by atoms with Crippen LogP contribution in [0.2, 0.25) is 0 Å². The second kappa shape index (κ2) is 10.2. The highest BCUT2D eigenvalue weighted by Crippen LogP contribution is 2.38. The van der Waals surface area contributed by atoms with E-state index in [1.807, 2.05) is 45.7 Å². The third kappa shape index (κ3) is 4.52. The molecule has 0 unspecified atom stereocenters. The molecule has 2 atom stereocenters. The molecule has 0 radical (unpaired) electrons. The van der Waals surface area contributed by atoms with E-state index in [2.05, 4.69) is 48.6 Å². The van der Waals surface area contributed by atoms with Crippen LogP contribution in [0, 0.1) is 5.92 Å². The molecule has 4 aromatic rings. The maximum Gasteiger partial charge on any atom is 0.329 e. The lowest BCUT2D eigenvalue weighted by atomic mass is 9.75. The van der Waals surface area contributed by atoms with Crippen LogP contribution in [-0.4, -0.2) is 34.3 Å². The Morgan fingerprint density at radius 2 is 2.00 bits per heavy atom. The quantitative estimate of drug-likeness (QED) is 0.351. The summed E-state index contributed by atoms with van der Waals surface area (Å²) in [5, 5.41) is 11.5. The fourth-order valence-corrected chi connectivity index (χ4v) is 5.49. The molecule has 1 aliphatic carbocycles. The van der Waals surface area contributed by atoms with Gasteiger partial charge >= 0.3 is 5.69 Å². The van der Waals surface area contributed by atoms with Gasteiger partial charge in [-0.1, -0.05) is 57.4 Å². The molecule has 0 bridgehead atoms. The number of benzene rings is 1. The fourth-order valence-electron chi connectivity index (χ4n) is 5.49. The maximum atomic E-state index is 13.8. The van der Waals surface area contributed by atoms with Gasteiger partial charge in [0, 0.05) is 29.2 Å². The molecule has 0 amide bonds. The van der Waals surface area contributed by atoms with Crippen LogP contribution in [-0.2, 0) is 18.5 Å². The van der Waals surface area contributed by atoms with Crippen LogP contribution in [0.5, 0.6) is 0 Å². The monoisotopic (exact) mass is 485 g/mol. The molecule has 0 N–H and O–H groups in total. The summed E-state index contributed by atoms with van der Waals surface area (Å²) in [7, 11) is 0. The normalized spacial score (nSPS) is 20.0. The Kier molecular flexibility index (Phi) is 6.85. The third-order valence-electron chi connectivity index (χ3n) is 7.97. The molecule has 0 spiro atoms. The summed E-state index contributed by atoms with van der Waals surface area (Å²) in [5.41, 5.74) is 4.76. The van der Waals surface area contributed by atoms with E-state index in [1.165, 1.54) is 19.3 Å². The van der Waals surface area contributed by atoms with Crippen LogP contribution >= 0.6 is 0 Å². The van der Waals surface area contributed by atoms with Crippen molar-refractivity contribution in [1.82, 2.24) is 34.3 Å². The second-order valence-corrected chi connectivity index (χ2v) is 10.3. The average Bonchev–Trinajstić information content (AvgIpc) is 3.54. The summed E-state index contributed by atoms with van der Waals surface area (Å²) >= 11 is 0. The summed E-state index contributed by atoms with van der Waals surface area (Å²) in [6, 6.07) is 12.0. The Labute approximate surface area is 212 Å². The molecule has 1 aliphatic rings. The topological polar surface area (TPSA) is 83.4 Å². The van der Waals surface area contributed by atoms with Crippen molar-refractivity contribution in [3.8, 4) is 16.9 Å². The van der Waals surface area contributed by atoms with Crippen molar-refractivity contribution in [3.63, 3.8) is 0 Å². The fraction of sp³-hybridized carbons (Fsp3) is 0.464. The highest BCUT2D eigenvalue weighted by Gasteiger charge is 2.37. The van der Waals surface area contributed by atoms with Crippen molar-refractivity contribution >= 4 is 0 Å². The van der Waals surface area contributed by atoms with Gasteiger partial charge in [0.05, 0.1) is 17.9 Å². The number of hydrogen-bond donors (Lipinski definition) is 0. The Balaban J connectivity index is 1.46. The van der Waals surface area contributed by atoms with E-state index in [-0.39, 0.29) is 11.2 Å². The van der Waals surface area contributed by atoms with Gasteiger partial charge in [-0.25, -0.2) is 4.79 Å². The van der Waals surface area contributed by atoms with Gasteiger partial charge in [0.2, 0.25) is 0 Å². The lowest BCUT2D eigenvalue weighted by Gasteiger charge is -2.40. The SMILES string of the molecule is CCCCc1cn([C@@]2(C)CCCC[C@H]2C)c(=O)n1Cc1ccc(-c2ccccc2-n2cnnn2)nc1. The zero-order valence-corrected chi connectivity index (χ0v) is 21.5. The number of aryl methyl sites for hydroxylation is 1. The molecule has 1 aromatic carbocycles. The molecule has 8 heteroatoms. The number of aromatic nitrogens is 7. The third-order valence-corrected chi connectivity index (χ3v) is 7.97. The van der Waals surface area contributed by atoms with Crippen LogP contribution in [0.25, 0.3) is 16.9 Å². The van der Waals surface area contributed by atoms with Gasteiger partial charge in [-0.3, -0.25) is 14.1 Å². The predicted molar refractivity (Wildman–Crippen MR) is 140 cm³/mol. The van der Waals surface area contributed by atoms with Crippen molar-refractivity contribution in [1.29, 1.82) is 0 Å². The molecular formula is C28H35N7O. The molecule has 188 valence electrons. The number of rotatable bonds is 8. The van der Waals surface area contributed by atoms with Crippen LogP contribution < -0.4 is 5.69 Å². The highest BCUT2D eigenvalue weighted by molar-refractivity contribution is 5.69. The molecule has 1 saturated carbocycles. The number of tetrazole rings is 1. The zero-order chi connectivity index (χ0) is 25.1. The Hall–Kier alpha value is -3.55. The average molecular weight is 486 g/mol. The van der Waals surface area contributed by atoms with Crippen molar-refractivity contribution in [2.24, 2.45) is 5.92 Å². The first-order chi connectivity index (χ1) is 17.5. The minimum absolute atomic E-state index is 0.102. The summed E-state index contributed by atoms with van der Waals surface area (Å²) in [4.78, 5) is 18.5. The van der Waals surface area contributed by atoms with E-state index < -0.39 is 0 Å². The molecule has 36 heavy (non-hydrogen) atoms. The molecule has 0 saturated heterocycles.